The number of methoxy groups -OCH3 is 1. The Labute approximate surface area is 95.8 Å². The summed E-state index contributed by atoms with van der Waals surface area (Å²) in [5.41, 5.74) is 0. The first-order chi connectivity index (χ1) is 7.53. The fourth-order valence-electron chi connectivity index (χ4n) is 1.58. The number of hydrogen-bond donors (Lipinski definition) is 2. The van der Waals surface area contributed by atoms with Crippen LogP contribution in [0.25, 0.3) is 0 Å². The van der Waals surface area contributed by atoms with Crippen LogP contribution in [0.5, 0.6) is 0 Å². The number of carbonyl (C=O) groups is 1. The molecule has 0 spiro atoms. The summed E-state index contributed by atoms with van der Waals surface area (Å²) in [6, 6.07) is -0.0110. The van der Waals surface area contributed by atoms with E-state index in [2.05, 4.69) is 14.8 Å². The van der Waals surface area contributed by atoms with Gasteiger partial charge in [-0.25, -0.2) is 13.1 Å². The number of nitrogens with one attached hydrogen (secondary N) is 2. The third-order valence-corrected chi connectivity index (χ3v) is 3.95. The van der Waals surface area contributed by atoms with Crippen molar-refractivity contribution < 1.29 is 17.9 Å². The third kappa shape index (κ3) is 4.91. The molecule has 1 fully saturated rings. The highest BCUT2D eigenvalue weighted by atomic mass is 32.2. The summed E-state index contributed by atoms with van der Waals surface area (Å²) in [7, 11) is -1.98. The van der Waals surface area contributed by atoms with Gasteiger partial charge in [-0.15, -0.1) is 0 Å². The van der Waals surface area contributed by atoms with Crippen molar-refractivity contribution in [2.75, 3.05) is 26.0 Å². The van der Waals surface area contributed by atoms with Crippen LogP contribution in [0.4, 0.5) is 0 Å². The molecule has 16 heavy (non-hydrogen) atoms. The molecule has 1 aliphatic heterocycles. The van der Waals surface area contributed by atoms with Crippen LogP contribution in [0.1, 0.15) is 19.3 Å². The van der Waals surface area contributed by atoms with Gasteiger partial charge in [-0.1, -0.05) is 0 Å². The highest BCUT2D eigenvalue weighted by Crippen LogP contribution is 2.02. The molecular weight excluding hydrogens is 232 g/mol. The smallest absolute Gasteiger partial charge is 0.305 e. The molecule has 0 aromatic heterocycles. The van der Waals surface area contributed by atoms with E-state index in [-0.39, 0.29) is 24.2 Å². The van der Waals surface area contributed by atoms with Gasteiger partial charge in [-0.3, -0.25) is 4.79 Å². The maximum Gasteiger partial charge on any atom is 0.305 e. The van der Waals surface area contributed by atoms with Crippen LogP contribution in [0, 0.1) is 0 Å². The summed E-state index contributed by atoms with van der Waals surface area (Å²) < 4.78 is 30.2. The van der Waals surface area contributed by atoms with Crippen LogP contribution in [0.2, 0.25) is 0 Å². The van der Waals surface area contributed by atoms with Gasteiger partial charge in [0.25, 0.3) is 0 Å². The Morgan fingerprint density at radius 1 is 1.56 bits per heavy atom. The van der Waals surface area contributed by atoms with Gasteiger partial charge in [0.2, 0.25) is 10.0 Å². The molecule has 7 heteroatoms. The Morgan fingerprint density at radius 3 is 2.88 bits per heavy atom. The first-order valence-electron chi connectivity index (χ1n) is 5.31. The molecule has 0 amide bonds. The van der Waals surface area contributed by atoms with Crippen molar-refractivity contribution in [3.63, 3.8) is 0 Å². The summed E-state index contributed by atoms with van der Waals surface area (Å²) in [4.78, 5) is 10.8. The predicted molar refractivity (Wildman–Crippen MR) is 59.4 cm³/mol. The maximum absolute atomic E-state index is 11.6. The number of carbonyl (C=O) groups excluding carboxylic acids is 1. The van der Waals surface area contributed by atoms with E-state index >= 15 is 0 Å². The fourth-order valence-corrected chi connectivity index (χ4v) is 2.93. The zero-order valence-electron chi connectivity index (χ0n) is 9.36. The molecule has 0 bridgehead atoms. The molecule has 1 heterocycles. The topological polar surface area (TPSA) is 84.5 Å². The highest BCUT2D eigenvalue weighted by Gasteiger charge is 2.20. The third-order valence-electron chi connectivity index (χ3n) is 2.43. The van der Waals surface area contributed by atoms with E-state index in [9.17, 15) is 13.2 Å². The SMILES string of the molecule is COC(=O)CCCS(=O)(=O)N[C@H]1CCNC1. The molecule has 0 aliphatic carbocycles. The summed E-state index contributed by atoms with van der Waals surface area (Å²) >= 11 is 0. The normalized spacial score (nSPS) is 20.9. The Morgan fingerprint density at radius 2 is 2.31 bits per heavy atom. The van der Waals surface area contributed by atoms with Crippen LogP contribution < -0.4 is 10.0 Å². The van der Waals surface area contributed by atoms with E-state index in [0.29, 0.717) is 13.0 Å². The first-order valence-corrected chi connectivity index (χ1v) is 6.96. The zero-order valence-corrected chi connectivity index (χ0v) is 10.2. The Kier molecular flexibility index (Phi) is 5.17. The standard InChI is InChI=1S/C9H18N2O4S/c1-15-9(12)3-2-6-16(13,14)11-8-4-5-10-7-8/h8,10-11H,2-7H2,1H3/t8-/m0/s1. The van der Waals surface area contributed by atoms with E-state index in [1.807, 2.05) is 0 Å². The van der Waals surface area contributed by atoms with E-state index < -0.39 is 10.0 Å². The molecule has 0 unspecified atom stereocenters. The minimum Gasteiger partial charge on any atom is -0.469 e. The summed E-state index contributed by atoms with van der Waals surface area (Å²) in [5.74, 6) is -0.406. The fraction of sp³-hybridized carbons (Fsp3) is 0.889. The van der Waals surface area contributed by atoms with Crippen molar-refractivity contribution in [1.82, 2.24) is 10.0 Å². The molecule has 0 aromatic carbocycles. The molecule has 6 nitrogen and oxygen atoms in total. The van der Waals surface area contributed by atoms with Gasteiger partial charge in [0.15, 0.2) is 0 Å². The molecule has 1 rings (SSSR count). The van der Waals surface area contributed by atoms with Crippen molar-refractivity contribution in [2.45, 2.75) is 25.3 Å². The number of rotatable bonds is 6. The van der Waals surface area contributed by atoms with E-state index in [0.717, 1.165) is 13.0 Å². The van der Waals surface area contributed by atoms with Crippen molar-refractivity contribution in [1.29, 1.82) is 0 Å². The van der Waals surface area contributed by atoms with Crippen LogP contribution in [0.15, 0.2) is 0 Å². The number of esters is 1. The molecule has 0 aromatic rings. The average molecular weight is 250 g/mol. The molecule has 1 aliphatic rings. The second kappa shape index (κ2) is 6.17. The van der Waals surface area contributed by atoms with Crippen molar-refractivity contribution in [2.24, 2.45) is 0 Å². The van der Waals surface area contributed by atoms with Crippen LogP contribution in [0.3, 0.4) is 0 Å². The lowest BCUT2D eigenvalue weighted by atomic mass is 10.3. The van der Waals surface area contributed by atoms with E-state index in [1.165, 1.54) is 7.11 Å². The predicted octanol–water partition coefficient (Wildman–Crippen LogP) is -0.779. The van der Waals surface area contributed by atoms with Crippen molar-refractivity contribution >= 4 is 16.0 Å². The maximum atomic E-state index is 11.6. The van der Waals surface area contributed by atoms with Crippen molar-refractivity contribution in [3.05, 3.63) is 0 Å². The molecule has 0 radical (unpaired) electrons. The highest BCUT2D eigenvalue weighted by molar-refractivity contribution is 7.89. The summed E-state index contributed by atoms with van der Waals surface area (Å²) in [6.07, 6.45) is 1.25. The number of sulfonamides is 1. The minimum atomic E-state index is -3.27. The van der Waals surface area contributed by atoms with Gasteiger partial charge < -0.3 is 10.1 Å². The zero-order chi connectivity index (χ0) is 12.0. The molecule has 1 atom stereocenters. The lowest BCUT2D eigenvalue weighted by molar-refractivity contribution is -0.140. The lowest BCUT2D eigenvalue weighted by Gasteiger charge is -2.11. The van der Waals surface area contributed by atoms with E-state index in [4.69, 9.17) is 0 Å². The average Bonchev–Trinajstić information content (AvgIpc) is 2.69. The molecular formula is C9H18N2O4S. The van der Waals surface area contributed by atoms with Gasteiger partial charge in [0.05, 0.1) is 12.9 Å². The second-order valence-electron chi connectivity index (χ2n) is 3.81. The largest absolute Gasteiger partial charge is 0.469 e. The monoisotopic (exact) mass is 250 g/mol. The van der Waals surface area contributed by atoms with Gasteiger partial charge >= 0.3 is 5.97 Å². The summed E-state index contributed by atoms with van der Waals surface area (Å²) in [5, 5.41) is 3.08. The van der Waals surface area contributed by atoms with Gasteiger partial charge in [0.1, 0.15) is 0 Å². The Bertz CT molecular complexity index is 322. The molecule has 2 N–H and O–H groups in total. The number of hydrogen-bond acceptors (Lipinski definition) is 5. The quantitative estimate of drug-likeness (QED) is 0.604. The Balaban J connectivity index is 2.25. The van der Waals surface area contributed by atoms with Crippen molar-refractivity contribution in [3.8, 4) is 0 Å². The van der Waals surface area contributed by atoms with Crippen LogP contribution >= 0.6 is 0 Å². The molecule has 94 valence electrons. The second-order valence-corrected chi connectivity index (χ2v) is 5.68. The summed E-state index contributed by atoms with van der Waals surface area (Å²) in [6.45, 7) is 1.52. The minimum absolute atomic E-state index is 0.0110. The first kappa shape index (κ1) is 13.4. The van der Waals surface area contributed by atoms with Gasteiger partial charge in [-0.2, -0.15) is 0 Å². The van der Waals surface area contributed by atoms with Gasteiger partial charge in [0, 0.05) is 19.0 Å². The molecule has 0 saturated carbocycles. The lowest BCUT2D eigenvalue weighted by Crippen LogP contribution is -2.37. The van der Waals surface area contributed by atoms with Gasteiger partial charge in [-0.05, 0) is 19.4 Å². The molecule has 1 saturated heterocycles. The number of ether oxygens (including phenoxy) is 1. The van der Waals surface area contributed by atoms with Crippen LogP contribution in [-0.2, 0) is 19.6 Å². The van der Waals surface area contributed by atoms with Crippen LogP contribution in [-0.4, -0.2) is 46.4 Å². The van der Waals surface area contributed by atoms with E-state index in [1.54, 1.807) is 0 Å². The Hall–Kier alpha value is -0.660.